The van der Waals surface area contributed by atoms with E-state index < -0.39 is 6.09 Å². The first-order chi connectivity index (χ1) is 8.15. The lowest BCUT2D eigenvalue weighted by molar-refractivity contribution is -0.111. The van der Waals surface area contributed by atoms with Crippen molar-refractivity contribution in [2.24, 2.45) is 0 Å². The van der Waals surface area contributed by atoms with Crippen LogP contribution in [0.25, 0.3) is 0 Å². The number of carbonyl (C=O) groups is 2. The molecule has 2 amide bonds. The molecule has 0 heterocycles. The van der Waals surface area contributed by atoms with E-state index in [1.165, 1.54) is 0 Å². The lowest BCUT2D eigenvalue weighted by Crippen LogP contribution is -2.26. The Morgan fingerprint density at radius 3 is 2.88 bits per heavy atom. The van der Waals surface area contributed by atoms with Gasteiger partial charge in [0.25, 0.3) is 0 Å². The van der Waals surface area contributed by atoms with E-state index in [1.807, 2.05) is 0 Å². The van der Waals surface area contributed by atoms with Crippen LogP contribution in [0.4, 0.5) is 10.5 Å². The van der Waals surface area contributed by atoms with Gasteiger partial charge < -0.3 is 15.4 Å². The largest absolute Gasteiger partial charge is 0.412 e. The third kappa shape index (κ3) is 4.38. The molecule has 0 aliphatic carbocycles. The van der Waals surface area contributed by atoms with Gasteiger partial charge in [-0.25, -0.2) is 4.79 Å². The average Bonchev–Trinajstić information content (AvgIpc) is 2.29. The van der Waals surface area contributed by atoms with Gasteiger partial charge in [0.05, 0.1) is 0 Å². The van der Waals surface area contributed by atoms with Gasteiger partial charge in [0.1, 0.15) is 5.75 Å². The smallest absolute Gasteiger partial charge is 0.410 e. The van der Waals surface area contributed by atoms with Crippen LogP contribution in [-0.4, -0.2) is 18.5 Å². The van der Waals surface area contributed by atoms with Gasteiger partial charge in [-0.05, 0) is 25.1 Å². The number of hydrogen-bond donors (Lipinski definition) is 2. The molecule has 17 heavy (non-hydrogen) atoms. The van der Waals surface area contributed by atoms with E-state index in [-0.39, 0.29) is 5.91 Å². The number of hydrogen-bond acceptors (Lipinski definition) is 3. The fourth-order valence-corrected chi connectivity index (χ4v) is 1.12. The first-order valence-corrected chi connectivity index (χ1v) is 5.15. The molecule has 90 valence electrons. The summed E-state index contributed by atoms with van der Waals surface area (Å²) < 4.78 is 4.98. The highest BCUT2D eigenvalue weighted by Gasteiger charge is 2.04. The zero-order valence-electron chi connectivity index (χ0n) is 9.53. The molecule has 0 atom stereocenters. The van der Waals surface area contributed by atoms with Crippen molar-refractivity contribution in [2.45, 2.75) is 6.92 Å². The third-order valence-corrected chi connectivity index (χ3v) is 1.82. The number of anilines is 1. The predicted octanol–water partition coefficient (Wildman–Crippen LogP) is 1.92. The van der Waals surface area contributed by atoms with Crippen molar-refractivity contribution in [3.8, 4) is 5.75 Å². The lowest BCUT2D eigenvalue weighted by atomic mass is 10.3. The van der Waals surface area contributed by atoms with Crippen molar-refractivity contribution in [1.82, 2.24) is 5.32 Å². The van der Waals surface area contributed by atoms with E-state index >= 15 is 0 Å². The van der Waals surface area contributed by atoms with E-state index in [4.69, 9.17) is 4.74 Å². The molecule has 0 aliphatic rings. The maximum Gasteiger partial charge on any atom is 0.412 e. The van der Waals surface area contributed by atoms with Crippen LogP contribution in [0.1, 0.15) is 6.92 Å². The molecular weight excluding hydrogens is 220 g/mol. The Hall–Kier alpha value is -2.30. The van der Waals surface area contributed by atoms with Gasteiger partial charge >= 0.3 is 6.09 Å². The molecule has 0 bridgehead atoms. The highest BCUT2D eigenvalue weighted by atomic mass is 16.6. The normalized spacial score (nSPS) is 9.24. The van der Waals surface area contributed by atoms with Crippen molar-refractivity contribution >= 4 is 17.7 Å². The maximum absolute atomic E-state index is 11.2. The highest BCUT2D eigenvalue weighted by Crippen LogP contribution is 2.17. The summed E-state index contributed by atoms with van der Waals surface area (Å²) in [6.07, 6.45) is 0.636. The molecule has 0 saturated carbocycles. The van der Waals surface area contributed by atoms with Crippen LogP contribution in [0.2, 0.25) is 0 Å². The molecule has 0 radical (unpaired) electrons. The van der Waals surface area contributed by atoms with E-state index in [2.05, 4.69) is 17.2 Å². The van der Waals surface area contributed by atoms with Crippen LogP contribution in [0.3, 0.4) is 0 Å². The Bertz CT molecular complexity index is 430. The van der Waals surface area contributed by atoms with Crippen LogP contribution >= 0.6 is 0 Å². The van der Waals surface area contributed by atoms with E-state index in [9.17, 15) is 9.59 Å². The second kappa shape index (κ2) is 6.32. The summed E-state index contributed by atoms with van der Waals surface area (Å²) in [5.74, 6) is 0.0398. The second-order valence-electron chi connectivity index (χ2n) is 3.14. The minimum atomic E-state index is -0.528. The Morgan fingerprint density at radius 1 is 1.47 bits per heavy atom. The zero-order valence-corrected chi connectivity index (χ0v) is 9.53. The van der Waals surface area contributed by atoms with Crippen LogP contribution < -0.4 is 15.4 Å². The minimum absolute atomic E-state index is 0.319. The third-order valence-electron chi connectivity index (χ3n) is 1.82. The fraction of sp³-hybridized carbons (Fsp3) is 0.167. The van der Waals surface area contributed by atoms with E-state index in [0.29, 0.717) is 18.0 Å². The van der Waals surface area contributed by atoms with Gasteiger partial charge in [-0.3, -0.25) is 4.79 Å². The number of nitrogens with one attached hydrogen (secondary N) is 2. The number of ether oxygens (including phenoxy) is 1. The Labute approximate surface area is 99.5 Å². The highest BCUT2D eigenvalue weighted by molar-refractivity contribution is 5.98. The van der Waals surface area contributed by atoms with Gasteiger partial charge in [-0.2, -0.15) is 0 Å². The molecule has 1 aromatic rings. The molecule has 1 aromatic carbocycles. The molecule has 5 heteroatoms. The predicted molar refractivity (Wildman–Crippen MR) is 65.0 cm³/mol. The van der Waals surface area contributed by atoms with Gasteiger partial charge in [0.2, 0.25) is 5.91 Å². The molecule has 0 fully saturated rings. The van der Waals surface area contributed by atoms with Crippen LogP contribution in [0.5, 0.6) is 5.75 Å². The summed E-state index contributed by atoms with van der Waals surface area (Å²) in [6.45, 7) is 5.63. The molecule has 0 spiro atoms. The van der Waals surface area contributed by atoms with Gasteiger partial charge in [-0.15, -0.1) is 0 Å². The number of carbonyl (C=O) groups excluding carboxylic acids is 2. The molecule has 0 unspecified atom stereocenters. The van der Waals surface area contributed by atoms with Crippen LogP contribution in [0, 0.1) is 0 Å². The Balaban J connectivity index is 2.68. The summed E-state index contributed by atoms with van der Waals surface area (Å²) in [5.41, 5.74) is 0.539. The number of rotatable bonds is 4. The quantitative estimate of drug-likeness (QED) is 0.782. The zero-order chi connectivity index (χ0) is 12.7. The lowest BCUT2D eigenvalue weighted by Gasteiger charge is -2.07. The van der Waals surface area contributed by atoms with Gasteiger partial charge in [-0.1, -0.05) is 12.6 Å². The first-order valence-electron chi connectivity index (χ1n) is 5.15. The first kappa shape index (κ1) is 12.8. The van der Waals surface area contributed by atoms with Crippen molar-refractivity contribution in [2.75, 3.05) is 11.9 Å². The summed E-state index contributed by atoms with van der Waals surface area (Å²) in [6, 6.07) is 6.54. The molecule has 1 rings (SSSR count). The molecule has 5 nitrogen and oxygen atoms in total. The Kier molecular flexibility index (Phi) is 4.75. The summed E-state index contributed by atoms with van der Waals surface area (Å²) in [4.78, 5) is 22.2. The monoisotopic (exact) mass is 234 g/mol. The second-order valence-corrected chi connectivity index (χ2v) is 3.14. The van der Waals surface area contributed by atoms with Crippen LogP contribution in [0.15, 0.2) is 36.9 Å². The standard InChI is InChI=1S/C12H14N2O3/c1-3-11(15)14-9-6-5-7-10(8-9)17-12(16)13-4-2/h3,5-8H,1,4H2,2H3,(H,13,16)(H,14,15). The fourth-order valence-electron chi connectivity index (χ4n) is 1.12. The van der Waals surface area contributed by atoms with Crippen molar-refractivity contribution in [1.29, 1.82) is 0 Å². The van der Waals surface area contributed by atoms with Crippen LogP contribution in [-0.2, 0) is 4.79 Å². The van der Waals surface area contributed by atoms with E-state index in [0.717, 1.165) is 6.08 Å². The van der Waals surface area contributed by atoms with Gasteiger partial charge in [0.15, 0.2) is 0 Å². The van der Waals surface area contributed by atoms with E-state index in [1.54, 1.807) is 31.2 Å². The van der Waals surface area contributed by atoms with Crippen molar-refractivity contribution in [3.05, 3.63) is 36.9 Å². The number of benzene rings is 1. The number of amides is 2. The molecular formula is C12H14N2O3. The summed E-state index contributed by atoms with van der Waals surface area (Å²) in [5, 5.41) is 5.07. The SMILES string of the molecule is C=CC(=O)Nc1cccc(OC(=O)NCC)c1. The molecule has 0 aromatic heterocycles. The summed E-state index contributed by atoms with van der Waals surface area (Å²) >= 11 is 0. The van der Waals surface area contributed by atoms with Gasteiger partial charge in [0, 0.05) is 18.3 Å². The molecule has 2 N–H and O–H groups in total. The topological polar surface area (TPSA) is 67.4 Å². The summed E-state index contributed by atoms with van der Waals surface area (Å²) in [7, 11) is 0. The van der Waals surface area contributed by atoms with Crippen molar-refractivity contribution in [3.63, 3.8) is 0 Å². The average molecular weight is 234 g/mol. The maximum atomic E-state index is 11.2. The Morgan fingerprint density at radius 2 is 2.24 bits per heavy atom. The van der Waals surface area contributed by atoms with Crippen molar-refractivity contribution < 1.29 is 14.3 Å². The molecule has 0 aliphatic heterocycles. The molecule has 0 saturated heterocycles. The minimum Gasteiger partial charge on any atom is -0.410 e.